The third-order valence-electron chi connectivity index (χ3n) is 3.98. The third-order valence-corrected chi connectivity index (χ3v) is 3.98. The van der Waals surface area contributed by atoms with Crippen LogP contribution < -0.4 is 5.32 Å². The Kier molecular flexibility index (Phi) is 4.55. The zero-order valence-electron chi connectivity index (χ0n) is 11.0. The highest BCUT2D eigenvalue weighted by atomic mass is 19.4. The van der Waals surface area contributed by atoms with Crippen molar-refractivity contribution >= 4 is 0 Å². The third kappa shape index (κ3) is 3.53. The molecule has 1 N–H and O–H groups in total. The second-order valence-electron chi connectivity index (χ2n) is 5.20. The topological polar surface area (TPSA) is 25.2 Å². The van der Waals surface area contributed by atoms with Crippen molar-refractivity contribution < 1.29 is 17.6 Å². The van der Waals surface area contributed by atoms with Crippen LogP contribution in [0.25, 0.3) is 0 Å². The van der Waals surface area contributed by atoms with Gasteiger partial charge in [0.2, 0.25) is 0 Å². The molecule has 1 aromatic heterocycles. The lowest BCUT2D eigenvalue weighted by molar-refractivity contribution is -0.184. The van der Waals surface area contributed by atoms with E-state index in [1.165, 1.54) is 0 Å². The predicted octanol–water partition coefficient (Wildman–Crippen LogP) is 4.30. The van der Waals surface area contributed by atoms with E-state index in [4.69, 9.17) is 4.42 Å². The molecule has 1 heterocycles. The summed E-state index contributed by atoms with van der Waals surface area (Å²) in [6.45, 7) is 2.78. The van der Waals surface area contributed by atoms with Gasteiger partial charge >= 0.3 is 6.18 Å². The highest BCUT2D eigenvalue weighted by molar-refractivity contribution is 5.06. The lowest BCUT2D eigenvalue weighted by Crippen LogP contribution is -2.34. The zero-order chi connectivity index (χ0) is 13.9. The molecule has 108 valence electrons. The van der Waals surface area contributed by atoms with E-state index < -0.39 is 12.1 Å². The molecule has 2 rings (SSSR count). The van der Waals surface area contributed by atoms with Crippen molar-refractivity contribution in [2.24, 2.45) is 11.8 Å². The first-order valence-corrected chi connectivity index (χ1v) is 6.86. The summed E-state index contributed by atoms with van der Waals surface area (Å²) in [5.41, 5.74) is 0. The molecule has 0 saturated heterocycles. The molecule has 0 spiro atoms. The van der Waals surface area contributed by atoms with Crippen LogP contribution >= 0.6 is 0 Å². The Morgan fingerprint density at radius 1 is 1.32 bits per heavy atom. The van der Waals surface area contributed by atoms with E-state index in [1.54, 1.807) is 6.26 Å². The molecule has 1 unspecified atom stereocenters. The Morgan fingerprint density at radius 3 is 2.47 bits per heavy atom. The number of rotatable bonds is 4. The largest absolute Gasteiger partial charge is 0.468 e. The standard InChI is InChI=1S/C14H20F3NO/c1-2-18-13(12-4-3-9-19-12)10-5-7-11(8-6-10)14(15,16)17/h3-4,9-11,13,18H,2,5-8H2,1H3. The molecule has 0 aliphatic heterocycles. The number of halogens is 3. The van der Waals surface area contributed by atoms with Gasteiger partial charge in [0.05, 0.1) is 18.2 Å². The fraction of sp³-hybridized carbons (Fsp3) is 0.714. The first kappa shape index (κ1) is 14.4. The first-order valence-electron chi connectivity index (χ1n) is 6.86. The van der Waals surface area contributed by atoms with Crippen LogP contribution in [0.5, 0.6) is 0 Å². The van der Waals surface area contributed by atoms with Crippen molar-refractivity contribution in [2.75, 3.05) is 6.54 Å². The molecule has 0 radical (unpaired) electrons. The fourth-order valence-corrected chi connectivity index (χ4v) is 2.97. The Labute approximate surface area is 111 Å². The summed E-state index contributed by atoms with van der Waals surface area (Å²) in [5, 5.41) is 3.33. The van der Waals surface area contributed by atoms with Crippen molar-refractivity contribution in [1.82, 2.24) is 5.32 Å². The van der Waals surface area contributed by atoms with Crippen molar-refractivity contribution in [3.05, 3.63) is 24.2 Å². The molecule has 0 amide bonds. The van der Waals surface area contributed by atoms with Gasteiger partial charge in [-0.3, -0.25) is 0 Å². The number of alkyl halides is 3. The maximum atomic E-state index is 12.7. The van der Waals surface area contributed by atoms with Crippen LogP contribution in [0.1, 0.15) is 44.4 Å². The molecule has 1 aliphatic rings. The molecule has 0 bridgehead atoms. The molecular weight excluding hydrogens is 255 g/mol. The number of hydrogen-bond donors (Lipinski definition) is 1. The fourth-order valence-electron chi connectivity index (χ4n) is 2.97. The van der Waals surface area contributed by atoms with Gasteiger partial charge in [-0.1, -0.05) is 6.92 Å². The molecular formula is C14H20F3NO. The minimum Gasteiger partial charge on any atom is -0.468 e. The smallest absolute Gasteiger partial charge is 0.391 e. The molecule has 1 aliphatic carbocycles. The lowest BCUT2D eigenvalue weighted by atomic mass is 9.77. The van der Waals surface area contributed by atoms with E-state index in [2.05, 4.69) is 5.32 Å². The van der Waals surface area contributed by atoms with Crippen LogP contribution in [0.15, 0.2) is 22.8 Å². The molecule has 1 aromatic rings. The highest BCUT2D eigenvalue weighted by Gasteiger charge is 2.42. The molecule has 19 heavy (non-hydrogen) atoms. The Balaban J connectivity index is 1.98. The second kappa shape index (κ2) is 5.99. The van der Waals surface area contributed by atoms with E-state index >= 15 is 0 Å². The minimum atomic E-state index is -4.04. The highest BCUT2D eigenvalue weighted by Crippen LogP contribution is 2.43. The molecule has 1 saturated carbocycles. The summed E-state index contributed by atoms with van der Waals surface area (Å²) in [6, 6.07) is 3.75. The van der Waals surface area contributed by atoms with Crippen molar-refractivity contribution in [1.29, 1.82) is 0 Å². The first-order chi connectivity index (χ1) is 9.02. The SMILES string of the molecule is CCNC(c1ccco1)C1CCC(C(F)(F)F)CC1. The molecule has 1 atom stereocenters. The van der Waals surface area contributed by atoms with Crippen LogP contribution in [-0.2, 0) is 0 Å². The van der Waals surface area contributed by atoms with Crippen LogP contribution in [0.3, 0.4) is 0 Å². The van der Waals surface area contributed by atoms with Gasteiger partial charge in [-0.25, -0.2) is 0 Å². The van der Waals surface area contributed by atoms with Crippen LogP contribution in [-0.4, -0.2) is 12.7 Å². The van der Waals surface area contributed by atoms with Gasteiger partial charge in [0.25, 0.3) is 0 Å². The maximum absolute atomic E-state index is 12.7. The van der Waals surface area contributed by atoms with E-state index in [1.807, 2.05) is 19.1 Å². The van der Waals surface area contributed by atoms with Crippen molar-refractivity contribution in [2.45, 2.75) is 44.8 Å². The minimum absolute atomic E-state index is 0.0363. The van der Waals surface area contributed by atoms with E-state index in [9.17, 15) is 13.2 Å². The van der Waals surface area contributed by atoms with Crippen molar-refractivity contribution in [3.8, 4) is 0 Å². The quantitative estimate of drug-likeness (QED) is 0.886. The van der Waals surface area contributed by atoms with Crippen LogP contribution in [0, 0.1) is 11.8 Å². The Bertz CT molecular complexity index is 367. The summed E-state index contributed by atoms with van der Waals surface area (Å²) in [5.74, 6) is -0.0652. The van der Waals surface area contributed by atoms with Gasteiger partial charge < -0.3 is 9.73 Å². The average molecular weight is 275 g/mol. The maximum Gasteiger partial charge on any atom is 0.391 e. The Morgan fingerprint density at radius 2 is 2.00 bits per heavy atom. The average Bonchev–Trinajstić information content (AvgIpc) is 2.89. The molecule has 1 fully saturated rings. The monoisotopic (exact) mass is 275 g/mol. The molecule has 2 nitrogen and oxygen atoms in total. The summed E-state index contributed by atoms with van der Waals surface area (Å²) in [6.07, 6.45) is -0.761. The van der Waals surface area contributed by atoms with Gasteiger partial charge in [0.15, 0.2) is 0 Å². The van der Waals surface area contributed by atoms with Gasteiger partial charge in [-0.15, -0.1) is 0 Å². The van der Waals surface area contributed by atoms with Gasteiger partial charge in [-0.2, -0.15) is 13.2 Å². The summed E-state index contributed by atoms with van der Waals surface area (Å²) >= 11 is 0. The van der Waals surface area contributed by atoms with E-state index in [-0.39, 0.29) is 24.8 Å². The number of furan rings is 1. The summed E-state index contributed by atoms with van der Waals surface area (Å²) in [7, 11) is 0. The van der Waals surface area contributed by atoms with E-state index in [0.29, 0.717) is 12.8 Å². The number of nitrogens with one attached hydrogen (secondary N) is 1. The molecule has 0 aromatic carbocycles. The number of hydrogen-bond acceptors (Lipinski definition) is 2. The van der Waals surface area contributed by atoms with Gasteiger partial charge in [-0.05, 0) is 50.3 Å². The lowest BCUT2D eigenvalue weighted by Gasteiger charge is -2.34. The Hall–Kier alpha value is -0.970. The molecule has 5 heteroatoms. The van der Waals surface area contributed by atoms with Gasteiger partial charge in [0.1, 0.15) is 5.76 Å². The summed E-state index contributed by atoms with van der Waals surface area (Å²) < 4.78 is 43.4. The zero-order valence-corrected chi connectivity index (χ0v) is 11.0. The van der Waals surface area contributed by atoms with Crippen LogP contribution in [0.2, 0.25) is 0 Å². The van der Waals surface area contributed by atoms with Crippen LogP contribution in [0.4, 0.5) is 13.2 Å². The van der Waals surface area contributed by atoms with E-state index in [0.717, 1.165) is 12.3 Å². The van der Waals surface area contributed by atoms with Crippen molar-refractivity contribution in [3.63, 3.8) is 0 Å². The normalized spacial score (nSPS) is 26.3. The second-order valence-corrected chi connectivity index (χ2v) is 5.20. The summed E-state index contributed by atoms with van der Waals surface area (Å²) in [4.78, 5) is 0. The predicted molar refractivity (Wildman–Crippen MR) is 66.6 cm³/mol. The van der Waals surface area contributed by atoms with Gasteiger partial charge in [0, 0.05) is 0 Å².